The fraction of sp³-hybridized carbons (Fsp3) is 0.818. The summed E-state index contributed by atoms with van der Waals surface area (Å²) in [4.78, 5) is 0. The van der Waals surface area contributed by atoms with Crippen molar-refractivity contribution in [2.24, 2.45) is 0 Å². The summed E-state index contributed by atoms with van der Waals surface area (Å²) >= 11 is 3.24. The lowest BCUT2D eigenvalue weighted by atomic mass is 10.2. The summed E-state index contributed by atoms with van der Waals surface area (Å²) in [6.45, 7) is 11.1. The van der Waals surface area contributed by atoms with Crippen molar-refractivity contribution in [2.75, 3.05) is 5.33 Å². The van der Waals surface area contributed by atoms with Crippen LogP contribution in [-0.2, 0) is 13.6 Å². The van der Waals surface area contributed by atoms with Crippen LogP contribution in [-0.4, -0.2) is 16.5 Å². The molecule has 0 N–H and O–H groups in total. The van der Waals surface area contributed by atoms with E-state index in [1.807, 2.05) is 41.5 Å². The third kappa shape index (κ3) is 8.51. The van der Waals surface area contributed by atoms with Crippen molar-refractivity contribution in [1.29, 1.82) is 0 Å². The average molecular weight is 313 g/mol. The van der Waals surface area contributed by atoms with E-state index in [9.17, 15) is 4.57 Å². The number of alkyl halides is 1. The van der Waals surface area contributed by atoms with Crippen LogP contribution in [0.15, 0.2) is 11.9 Å². The Balaban J connectivity index is 4.91. The Kier molecular flexibility index (Phi) is 5.95. The summed E-state index contributed by atoms with van der Waals surface area (Å²) in [7, 11) is -3.19. The van der Waals surface area contributed by atoms with Gasteiger partial charge in [0.1, 0.15) is 0 Å². The van der Waals surface area contributed by atoms with E-state index in [0.717, 1.165) is 0 Å². The lowest BCUT2D eigenvalue weighted by Crippen LogP contribution is -2.23. The van der Waals surface area contributed by atoms with Gasteiger partial charge in [0.25, 0.3) is 0 Å². The SMILES string of the molecule is CC(C)(C)OP(=O)(/C=C/CBr)OC(C)(C)C. The third-order valence-electron chi connectivity index (χ3n) is 1.18. The smallest absolute Gasteiger partial charge is 0.300 e. The molecule has 0 amide bonds. The minimum absolute atomic E-state index is 0.503. The maximum absolute atomic E-state index is 12.5. The highest BCUT2D eigenvalue weighted by atomic mass is 79.9. The average Bonchev–Trinajstić information content (AvgIpc) is 1.93. The molecule has 0 saturated carbocycles. The zero-order chi connectivity index (χ0) is 13.0. The normalized spacial score (nSPS) is 14.7. The van der Waals surface area contributed by atoms with Crippen LogP contribution in [0.2, 0.25) is 0 Å². The molecule has 0 bridgehead atoms. The van der Waals surface area contributed by atoms with Gasteiger partial charge < -0.3 is 0 Å². The van der Waals surface area contributed by atoms with Gasteiger partial charge in [-0.3, -0.25) is 13.6 Å². The predicted octanol–water partition coefficient (Wildman–Crippen LogP) is 4.72. The Morgan fingerprint density at radius 2 is 1.44 bits per heavy atom. The summed E-state index contributed by atoms with van der Waals surface area (Å²) < 4.78 is 23.5. The monoisotopic (exact) mass is 312 g/mol. The Morgan fingerprint density at radius 1 is 1.06 bits per heavy atom. The molecule has 96 valence electrons. The van der Waals surface area contributed by atoms with Gasteiger partial charge in [0, 0.05) is 11.1 Å². The predicted molar refractivity (Wildman–Crippen MR) is 72.2 cm³/mol. The van der Waals surface area contributed by atoms with Crippen LogP contribution < -0.4 is 0 Å². The fourth-order valence-electron chi connectivity index (χ4n) is 1.01. The molecule has 0 spiro atoms. The fourth-order valence-corrected chi connectivity index (χ4v) is 3.54. The van der Waals surface area contributed by atoms with E-state index in [1.54, 1.807) is 6.08 Å². The van der Waals surface area contributed by atoms with Crippen LogP contribution in [0.25, 0.3) is 0 Å². The van der Waals surface area contributed by atoms with E-state index in [4.69, 9.17) is 9.05 Å². The highest BCUT2D eigenvalue weighted by Crippen LogP contribution is 2.55. The van der Waals surface area contributed by atoms with E-state index < -0.39 is 18.8 Å². The quantitative estimate of drug-likeness (QED) is 0.556. The first kappa shape index (κ1) is 16.4. The van der Waals surface area contributed by atoms with Gasteiger partial charge >= 0.3 is 7.60 Å². The zero-order valence-corrected chi connectivity index (χ0v) is 13.4. The molecular weight excluding hydrogens is 291 g/mol. The standard InChI is InChI=1S/C11H22BrO3P/c1-10(2,3)14-16(13,9-7-8-12)15-11(4,5)6/h7,9H,8H2,1-6H3/b9-7+. The molecule has 5 heteroatoms. The van der Waals surface area contributed by atoms with Gasteiger partial charge in [0.05, 0.1) is 11.2 Å². The van der Waals surface area contributed by atoms with Gasteiger partial charge in [-0.2, -0.15) is 0 Å². The molecule has 0 aliphatic carbocycles. The minimum Gasteiger partial charge on any atom is -0.300 e. The molecular formula is C11H22BrO3P. The molecule has 0 aliphatic rings. The second-order valence-corrected chi connectivity index (χ2v) is 7.88. The first-order chi connectivity index (χ1) is 6.97. The Labute approximate surface area is 107 Å². The van der Waals surface area contributed by atoms with Crippen molar-refractivity contribution in [3.8, 4) is 0 Å². The molecule has 3 nitrogen and oxygen atoms in total. The van der Waals surface area contributed by atoms with Crippen molar-refractivity contribution >= 4 is 23.5 Å². The Morgan fingerprint density at radius 3 is 1.69 bits per heavy atom. The van der Waals surface area contributed by atoms with E-state index in [1.165, 1.54) is 5.82 Å². The number of halogens is 1. The second-order valence-electron chi connectivity index (χ2n) is 5.49. The molecule has 0 aromatic rings. The Hall–Kier alpha value is 0.370. The van der Waals surface area contributed by atoms with Crippen LogP contribution in [0.1, 0.15) is 41.5 Å². The van der Waals surface area contributed by atoms with Crippen LogP contribution in [0.4, 0.5) is 0 Å². The Bertz CT molecular complexity index is 267. The van der Waals surface area contributed by atoms with Crippen LogP contribution in [0.5, 0.6) is 0 Å². The number of allylic oxidation sites excluding steroid dienone is 1. The van der Waals surface area contributed by atoms with Gasteiger partial charge in [0.15, 0.2) is 0 Å². The number of hydrogen-bond donors (Lipinski definition) is 0. The molecule has 0 unspecified atom stereocenters. The summed E-state index contributed by atoms with van der Waals surface area (Å²) in [6.07, 6.45) is 1.73. The summed E-state index contributed by atoms with van der Waals surface area (Å²) in [5.41, 5.74) is -1.01. The van der Waals surface area contributed by atoms with Crippen LogP contribution in [0.3, 0.4) is 0 Å². The molecule has 0 atom stereocenters. The summed E-state index contributed by atoms with van der Waals surface area (Å²) in [5.74, 6) is 1.51. The highest BCUT2D eigenvalue weighted by molar-refractivity contribution is 9.09. The van der Waals surface area contributed by atoms with Gasteiger partial charge in [-0.15, -0.1) is 0 Å². The van der Waals surface area contributed by atoms with E-state index in [-0.39, 0.29) is 0 Å². The molecule has 0 aromatic heterocycles. The first-order valence-corrected chi connectivity index (χ1v) is 7.96. The summed E-state index contributed by atoms with van der Waals surface area (Å²) in [6, 6.07) is 0. The molecule has 0 radical (unpaired) electrons. The molecule has 0 heterocycles. The first-order valence-electron chi connectivity index (χ1n) is 5.22. The third-order valence-corrected chi connectivity index (χ3v) is 3.73. The summed E-state index contributed by atoms with van der Waals surface area (Å²) in [5, 5.41) is 0.623. The van der Waals surface area contributed by atoms with Gasteiger partial charge in [0.2, 0.25) is 0 Å². The van der Waals surface area contributed by atoms with Crippen molar-refractivity contribution < 1.29 is 13.6 Å². The lowest BCUT2D eigenvalue weighted by molar-refractivity contribution is 0.0542. The van der Waals surface area contributed by atoms with Gasteiger partial charge in [-0.25, -0.2) is 0 Å². The molecule has 0 aromatic carbocycles. The molecule has 0 fully saturated rings. The number of hydrogen-bond acceptors (Lipinski definition) is 3. The number of rotatable bonds is 4. The molecule has 16 heavy (non-hydrogen) atoms. The van der Waals surface area contributed by atoms with E-state index >= 15 is 0 Å². The van der Waals surface area contributed by atoms with Crippen molar-refractivity contribution in [2.45, 2.75) is 52.7 Å². The lowest BCUT2D eigenvalue weighted by Gasteiger charge is -2.30. The highest BCUT2D eigenvalue weighted by Gasteiger charge is 2.32. The van der Waals surface area contributed by atoms with Crippen LogP contribution >= 0.6 is 23.5 Å². The molecule has 0 saturated heterocycles. The maximum Gasteiger partial charge on any atom is 0.354 e. The second kappa shape index (κ2) is 5.81. The minimum atomic E-state index is -3.19. The van der Waals surface area contributed by atoms with Crippen LogP contribution in [0, 0.1) is 0 Å². The molecule has 0 rings (SSSR count). The van der Waals surface area contributed by atoms with Gasteiger partial charge in [-0.1, -0.05) is 22.0 Å². The van der Waals surface area contributed by atoms with Crippen molar-refractivity contribution in [3.63, 3.8) is 0 Å². The molecule has 0 aliphatic heterocycles. The van der Waals surface area contributed by atoms with Gasteiger partial charge in [-0.05, 0) is 41.5 Å². The van der Waals surface area contributed by atoms with E-state index in [2.05, 4.69) is 15.9 Å². The maximum atomic E-state index is 12.5. The largest absolute Gasteiger partial charge is 0.354 e. The topological polar surface area (TPSA) is 35.5 Å². The van der Waals surface area contributed by atoms with Crippen molar-refractivity contribution in [1.82, 2.24) is 0 Å². The van der Waals surface area contributed by atoms with E-state index in [0.29, 0.717) is 5.33 Å². The zero-order valence-electron chi connectivity index (χ0n) is 10.9. The van der Waals surface area contributed by atoms with Crippen molar-refractivity contribution in [3.05, 3.63) is 11.9 Å².